The van der Waals surface area contributed by atoms with Crippen LogP contribution in [0.15, 0.2) is 12.1 Å². The molecule has 2 saturated carbocycles. The third-order valence-electron chi connectivity index (χ3n) is 6.47. The lowest BCUT2D eigenvalue weighted by Crippen LogP contribution is -2.30. The van der Waals surface area contributed by atoms with Crippen LogP contribution in [0.2, 0.25) is 0 Å². The molecule has 6 heteroatoms. The largest absolute Gasteiger partial charge is 0.424 e. The van der Waals surface area contributed by atoms with Gasteiger partial charge in [-0.3, -0.25) is 0 Å². The Labute approximate surface area is 159 Å². The van der Waals surface area contributed by atoms with Gasteiger partial charge in [0.25, 0.3) is 0 Å². The molecule has 0 radical (unpaired) electrons. The van der Waals surface area contributed by atoms with Crippen molar-refractivity contribution >= 4 is 11.9 Å². The molecule has 0 atom stereocenters. The molecule has 4 rings (SSSR count). The Morgan fingerprint density at radius 3 is 1.93 bits per heavy atom. The minimum atomic E-state index is -0.411. The number of nitrogens with two attached hydrogens (primary N) is 2. The van der Waals surface area contributed by atoms with E-state index in [1.165, 1.54) is 0 Å². The van der Waals surface area contributed by atoms with Gasteiger partial charge < -0.3 is 20.9 Å². The minimum Gasteiger partial charge on any atom is -0.424 e. The molecule has 1 heterocycles. The first kappa shape index (κ1) is 18.4. The topological polar surface area (TPSA) is 105 Å². The highest BCUT2D eigenvalue weighted by atomic mass is 16.7. The van der Waals surface area contributed by atoms with Gasteiger partial charge in [0.2, 0.25) is 6.79 Å². The molecule has 0 amide bonds. The van der Waals surface area contributed by atoms with Gasteiger partial charge in [0.05, 0.1) is 11.1 Å². The van der Waals surface area contributed by atoms with Crippen LogP contribution in [0.25, 0.3) is 0 Å². The van der Waals surface area contributed by atoms with Gasteiger partial charge in [-0.05, 0) is 80.4 Å². The van der Waals surface area contributed by atoms with Gasteiger partial charge in [-0.15, -0.1) is 0 Å². The number of carbonyl (C=O) groups excluding carboxylic acids is 2. The van der Waals surface area contributed by atoms with Gasteiger partial charge in [0.15, 0.2) is 0 Å². The van der Waals surface area contributed by atoms with E-state index in [1.54, 1.807) is 0 Å². The number of ether oxygens (including phenoxy) is 2. The normalized spacial score (nSPS) is 31.5. The molecule has 3 aliphatic rings. The summed E-state index contributed by atoms with van der Waals surface area (Å²) in [5.74, 6) is -0.370. The predicted molar refractivity (Wildman–Crippen MR) is 101 cm³/mol. The van der Waals surface area contributed by atoms with Crippen molar-refractivity contribution in [2.75, 3.05) is 6.79 Å². The molecule has 2 bridgehead atoms. The van der Waals surface area contributed by atoms with Crippen LogP contribution in [0.3, 0.4) is 0 Å². The maximum absolute atomic E-state index is 12.9. The summed E-state index contributed by atoms with van der Waals surface area (Å²) >= 11 is 0. The Morgan fingerprint density at radius 2 is 1.30 bits per heavy atom. The zero-order valence-corrected chi connectivity index (χ0v) is 15.6. The van der Waals surface area contributed by atoms with Crippen LogP contribution in [0.5, 0.6) is 0 Å². The Bertz CT molecular complexity index is 732. The zero-order valence-electron chi connectivity index (χ0n) is 15.6. The Balaban J connectivity index is 1.81. The lowest BCUT2D eigenvalue weighted by Gasteiger charge is -2.33. The molecule has 1 aliphatic heterocycles. The number of fused-ring (bicyclic) bond motifs is 2. The van der Waals surface area contributed by atoms with Gasteiger partial charge >= 0.3 is 11.9 Å². The van der Waals surface area contributed by atoms with E-state index < -0.39 is 5.97 Å². The van der Waals surface area contributed by atoms with Crippen molar-refractivity contribution in [2.45, 2.75) is 75.3 Å². The Morgan fingerprint density at radius 1 is 0.741 bits per heavy atom. The van der Waals surface area contributed by atoms with Crippen LogP contribution in [-0.4, -0.2) is 30.8 Å². The van der Waals surface area contributed by atoms with Crippen molar-refractivity contribution in [3.05, 3.63) is 34.4 Å². The molecule has 0 unspecified atom stereocenters. The summed E-state index contributed by atoms with van der Waals surface area (Å²) in [5, 5.41) is 0. The third kappa shape index (κ3) is 3.60. The molecule has 2 aliphatic carbocycles. The molecule has 6 nitrogen and oxygen atoms in total. The standard InChI is InChI=1S/C21H28N2O4/c22-14-5-1-12(2-6-14)16-9-10-17-18(13-3-7-15(23)8-4-13)19(16)21(25)27-11-26-20(17)24/h9-10,12-15H,1-8,11,22-23H2. The van der Waals surface area contributed by atoms with Crippen molar-refractivity contribution in [1.82, 2.24) is 0 Å². The lowest BCUT2D eigenvalue weighted by atomic mass is 9.74. The Hall–Kier alpha value is -1.92. The average molecular weight is 372 g/mol. The highest BCUT2D eigenvalue weighted by Crippen LogP contribution is 2.42. The molecule has 0 aromatic heterocycles. The van der Waals surface area contributed by atoms with E-state index in [0.717, 1.165) is 62.5 Å². The molecular weight excluding hydrogens is 344 g/mol. The second kappa shape index (κ2) is 7.60. The number of hydrogen-bond donors (Lipinski definition) is 2. The fourth-order valence-electron chi connectivity index (χ4n) is 4.93. The molecule has 1 aromatic carbocycles. The number of benzene rings is 1. The smallest absolute Gasteiger partial charge is 0.341 e. The quantitative estimate of drug-likeness (QED) is 0.774. The number of cyclic esters (lactones) is 2. The average Bonchev–Trinajstić information content (AvgIpc) is 2.67. The van der Waals surface area contributed by atoms with Crippen LogP contribution in [0, 0.1) is 0 Å². The van der Waals surface area contributed by atoms with Crippen molar-refractivity contribution in [1.29, 1.82) is 0 Å². The van der Waals surface area contributed by atoms with Crippen LogP contribution in [0.4, 0.5) is 0 Å². The maximum atomic E-state index is 12.9. The van der Waals surface area contributed by atoms with Crippen molar-refractivity contribution in [2.24, 2.45) is 11.5 Å². The van der Waals surface area contributed by atoms with Crippen molar-refractivity contribution < 1.29 is 19.1 Å². The van der Waals surface area contributed by atoms with E-state index in [4.69, 9.17) is 20.9 Å². The molecule has 27 heavy (non-hydrogen) atoms. The van der Waals surface area contributed by atoms with Crippen molar-refractivity contribution in [3.63, 3.8) is 0 Å². The number of rotatable bonds is 2. The van der Waals surface area contributed by atoms with Crippen molar-refractivity contribution in [3.8, 4) is 0 Å². The van der Waals surface area contributed by atoms with E-state index >= 15 is 0 Å². The molecule has 0 spiro atoms. The van der Waals surface area contributed by atoms with E-state index in [-0.39, 0.29) is 36.7 Å². The van der Waals surface area contributed by atoms with E-state index in [1.807, 2.05) is 12.1 Å². The molecule has 1 aromatic rings. The predicted octanol–water partition coefficient (Wildman–Crippen LogP) is 2.94. The second-order valence-electron chi connectivity index (χ2n) is 8.20. The SMILES string of the molecule is NC1CCC(c2ccc3c(C4CCC(N)CC4)c2C(=O)OCOC3=O)CC1. The van der Waals surface area contributed by atoms with E-state index in [2.05, 4.69) is 0 Å². The first-order valence-electron chi connectivity index (χ1n) is 10.1. The van der Waals surface area contributed by atoms with Gasteiger partial charge in [0, 0.05) is 12.1 Å². The van der Waals surface area contributed by atoms with Gasteiger partial charge in [-0.1, -0.05) is 6.07 Å². The number of hydrogen-bond acceptors (Lipinski definition) is 6. The fourth-order valence-corrected chi connectivity index (χ4v) is 4.93. The summed E-state index contributed by atoms with van der Waals surface area (Å²) in [6.07, 6.45) is 7.38. The van der Waals surface area contributed by atoms with E-state index in [0.29, 0.717) is 11.1 Å². The molecule has 146 valence electrons. The lowest BCUT2D eigenvalue weighted by molar-refractivity contribution is -0.0184. The summed E-state index contributed by atoms with van der Waals surface area (Å²) in [6, 6.07) is 4.21. The summed E-state index contributed by atoms with van der Waals surface area (Å²) < 4.78 is 10.4. The van der Waals surface area contributed by atoms with Gasteiger partial charge in [0.1, 0.15) is 0 Å². The molecule has 2 fully saturated rings. The Kier molecular flexibility index (Phi) is 5.19. The minimum absolute atomic E-state index is 0.138. The summed E-state index contributed by atoms with van der Waals surface area (Å²) in [5.41, 5.74) is 15.1. The third-order valence-corrected chi connectivity index (χ3v) is 6.47. The fraction of sp³-hybridized carbons (Fsp3) is 0.619. The summed E-state index contributed by atoms with van der Waals surface area (Å²) in [4.78, 5) is 25.5. The van der Waals surface area contributed by atoms with Gasteiger partial charge in [-0.25, -0.2) is 9.59 Å². The number of carbonyl (C=O) groups is 2. The highest BCUT2D eigenvalue weighted by Gasteiger charge is 2.35. The number of esters is 2. The highest BCUT2D eigenvalue weighted by molar-refractivity contribution is 6.00. The van der Waals surface area contributed by atoms with Crippen LogP contribution >= 0.6 is 0 Å². The first-order valence-corrected chi connectivity index (χ1v) is 10.1. The second-order valence-corrected chi connectivity index (χ2v) is 8.20. The van der Waals surface area contributed by atoms with Crippen LogP contribution in [0.1, 0.15) is 95.0 Å². The summed E-state index contributed by atoms with van der Waals surface area (Å²) in [6.45, 7) is -0.329. The zero-order chi connectivity index (χ0) is 19.0. The first-order chi connectivity index (χ1) is 13.0. The summed E-state index contributed by atoms with van der Waals surface area (Å²) in [7, 11) is 0. The monoisotopic (exact) mass is 372 g/mol. The van der Waals surface area contributed by atoms with Gasteiger partial charge in [-0.2, -0.15) is 0 Å². The molecule has 4 N–H and O–H groups in total. The van der Waals surface area contributed by atoms with Crippen LogP contribution < -0.4 is 11.5 Å². The molecule has 0 saturated heterocycles. The van der Waals surface area contributed by atoms with E-state index in [9.17, 15) is 9.59 Å². The molecular formula is C21H28N2O4. The van der Waals surface area contributed by atoms with Crippen LogP contribution in [-0.2, 0) is 9.47 Å². The maximum Gasteiger partial charge on any atom is 0.341 e.